The smallest absolute Gasteiger partial charge is 0.151 e. The van der Waals surface area contributed by atoms with Gasteiger partial charge < -0.3 is 10.5 Å². The molecule has 0 atom stereocenters. The molecule has 0 fully saturated rings. The minimum atomic E-state index is 0.177. The molecule has 84 valence electrons. The summed E-state index contributed by atoms with van der Waals surface area (Å²) >= 11 is 0. The van der Waals surface area contributed by atoms with E-state index in [0.717, 1.165) is 29.6 Å². The van der Waals surface area contributed by atoms with Gasteiger partial charge in [-0.25, -0.2) is 15.8 Å². The van der Waals surface area contributed by atoms with E-state index < -0.39 is 0 Å². The van der Waals surface area contributed by atoms with Crippen LogP contribution in [-0.4, -0.2) is 15.1 Å². The molecule has 0 aliphatic rings. The number of anilines is 1. The molecule has 1 heterocycles. The predicted octanol–water partition coefficient (Wildman–Crippen LogP) is 1.57. The lowest BCUT2D eigenvalue weighted by atomic mass is 10.2. The van der Waals surface area contributed by atoms with E-state index in [1.54, 1.807) is 18.2 Å². The average Bonchev–Trinajstić information content (AvgIpc) is 2.29. The molecular formula is C11H14N4O. The Balaban J connectivity index is 2.63. The third kappa shape index (κ3) is 1.90. The van der Waals surface area contributed by atoms with Crippen molar-refractivity contribution in [1.82, 2.24) is 9.97 Å². The van der Waals surface area contributed by atoms with Crippen molar-refractivity contribution in [3.63, 3.8) is 0 Å². The van der Waals surface area contributed by atoms with Gasteiger partial charge in [-0.1, -0.05) is 6.92 Å². The van der Waals surface area contributed by atoms with E-state index in [-0.39, 0.29) is 5.75 Å². The fraction of sp³-hybridized carbons (Fsp3) is 0.273. The SMILES string of the molecule is CCCc1nc(NN)c2cc(O)ccc2n1. The van der Waals surface area contributed by atoms with Crippen LogP contribution in [0.3, 0.4) is 0 Å². The van der Waals surface area contributed by atoms with Gasteiger partial charge in [0.25, 0.3) is 0 Å². The van der Waals surface area contributed by atoms with Crippen LogP contribution in [0.15, 0.2) is 18.2 Å². The molecule has 16 heavy (non-hydrogen) atoms. The van der Waals surface area contributed by atoms with Gasteiger partial charge in [0.1, 0.15) is 11.6 Å². The molecule has 2 aromatic rings. The molecule has 0 aliphatic carbocycles. The fourth-order valence-electron chi connectivity index (χ4n) is 1.61. The second-order valence-corrected chi connectivity index (χ2v) is 3.58. The largest absolute Gasteiger partial charge is 0.508 e. The number of nitrogens with one attached hydrogen (secondary N) is 1. The van der Waals surface area contributed by atoms with E-state index in [2.05, 4.69) is 22.3 Å². The highest BCUT2D eigenvalue weighted by atomic mass is 16.3. The third-order valence-electron chi connectivity index (χ3n) is 2.34. The Kier molecular flexibility index (Phi) is 2.87. The first-order valence-corrected chi connectivity index (χ1v) is 5.21. The Morgan fingerprint density at radius 3 is 2.88 bits per heavy atom. The van der Waals surface area contributed by atoms with Crippen molar-refractivity contribution in [3.8, 4) is 5.75 Å². The Hall–Kier alpha value is -1.88. The molecule has 4 N–H and O–H groups in total. The number of nitrogen functional groups attached to an aromatic ring is 1. The van der Waals surface area contributed by atoms with Crippen molar-refractivity contribution in [2.45, 2.75) is 19.8 Å². The van der Waals surface area contributed by atoms with Crippen molar-refractivity contribution in [1.29, 1.82) is 0 Å². The number of nitrogens with zero attached hydrogens (tertiary/aromatic N) is 2. The number of hydrogen-bond donors (Lipinski definition) is 3. The second kappa shape index (κ2) is 4.32. The molecule has 0 spiro atoms. The molecule has 0 bridgehead atoms. The molecule has 1 aromatic carbocycles. The van der Waals surface area contributed by atoms with E-state index >= 15 is 0 Å². The zero-order valence-electron chi connectivity index (χ0n) is 9.07. The van der Waals surface area contributed by atoms with Gasteiger partial charge in [-0.05, 0) is 24.6 Å². The van der Waals surface area contributed by atoms with Gasteiger partial charge in [-0.2, -0.15) is 0 Å². The first-order chi connectivity index (χ1) is 7.74. The number of aryl methyl sites for hydroxylation is 1. The van der Waals surface area contributed by atoms with Crippen molar-refractivity contribution in [2.75, 3.05) is 5.43 Å². The van der Waals surface area contributed by atoms with E-state index in [1.165, 1.54) is 0 Å². The fourth-order valence-corrected chi connectivity index (χ4v) is 1.61. The van der Waals surface area contributed by atoms with Gasteiger partial charge in [0, 0.05) is 11.8 Å². The molecule has 5 nitrogen and oxygen atoms in total. The quantitative estimate of drug-likeness (QED) is 0.538. The van der Waals surface area contributed by atoms with Gasteiger partial charge in [0.2, 0.25) is 0 Å². The third-order valence-corrected chi connectivity index (χ3v) is 2.34. The number of phenols is 1. The van der Waals surface area contributed by atoms with E-state index in [1.807, 2.05) is 0 Å². The predicted molar refractivity (Wildman–Crippen MR) is 63.0 cm³/mol. The number of aromatic hydroxyl groups is 1. The molecule has 0 saturated carbocycles. The number of phenolic OH excluding ortho intramolecular Hbond substituents is 1. The lowest BCUT2D eigenvalue weighted by Gasteiger charge is -2.07. The van der Waals surface area contributed by atoms with E-state index in [4.69, 9.17) is 5.84 Å². The number of benzene rings is 1. The number of nitrogens with two attached hydrogens (primary N) is 1. The Morgan fingerprint density at radius 2 is 2.19 bits per heavy atom. The minimum Gasteiger partial charge on any atom is -0.508 e. The van der Waals surface area contributed by atoms with Crippen LogP contribution in [0.1, 0.15) is 19.2 Å². The minimum absolute atomic E-state index is 0.177. The summed E-state index contributed by atoms with van der Waals surface area (Å²) in [6.45, 7) is 2.07. The molecule has 0 radical (unpaired) electrons. The number of rotatable bonds is 3. The molecule has 0 amide bonds. The van der Waals surface area contributed by atoms with Crippen LogP contribution in [0, 0.1) is 0 Å². The summed E-state index contributed by atoms with van der Waals surface area (Å²) in [5.41, 5.74) is 3.32. The van der Waals surface area contributed by atoms with Crippen LogP contribution in [0.2, 0.25) is 0 Å². The van der Waals surface area contributed by atoms with Crippen LogP contribution in [0.4, 0.5) is 5.82 Å². The first-order valence-electron chi connectivity index (χ1n) is 5.21. The van der Waals surface area contributed by atoms with Crippen LogP contribution in [0.5, 0.6) is 5.75 Å². The summed E-state index contributed by atoms with van der Waals surface area (Å²) in [4.78, 5) is 8.69. The maximum atomic E-state index is 9.40. The summed E-state index contributed by atoms with van der Waals surface area (Å²) in [6.07, 6.45) is 1.79. The summed E-state index contributed by atoms with van der Waals surface area (Å²) in [5, 5.41) is 10.1. The van der Waals surface area contributed by atoms with Crippen LogP contribution in [0.25, 0.3) is 10.9 Å². The van der Waals surface area contributed by atoms with Crippen molar-refractivity contribution in [3.05, 3.63) is 24.0 Å². The van der Waals surface area contributed by atoms with Gasteiger partial charge in [0.05, 0.1) is 5.52 Å². The van der Waals surface area contributed by atoms with Gasteiger partial charge >= 0.3 is 0 Å². The standard InChI is InChI=1S/C11H14N4O/c1-2-3-10-13-9-5-4-7(16)6-8(9)11(14-10)15-12/h4-6,16H,2-3,12H2,1H3,(H,13,14,15). The molecule has 1 aromatic heterocycles. The van der Waals surface area contributed by atoms with Crippen LogP contribution in [-0.2, 0) is 6.42 Å². The monoisotopic (exact) mass is 218 g/mol. The maximum Gasteiger partial charge on any atom is 0.151 e. The summed E-state index contributed by atoms with van der Waals surface area (Å²) in [6, 6.07) is 4.96. The zero-order chi connectivity index (χ0) is 11.5. The highest BCUT2D eigenvalue weighted by molar-refractivity contribution is 5.89. The number of hydrogen-bond acceptors (Lipinski definition) is 5. The lowest BCUT2D eigenvalue weighted by molar-refractivity contribution is 0.476. The molecule has 0 saturated heterocycles. The topological polar surface area (TPSA) is 84.1 Å². The summed E-state index contributed by atoms with van der Waals surface area (Å²) in [5.74, 6) is 6.89. The van der Waals surface area contributed by atoms with Gasteiger partial charge in [-0.3, -0.25) is 0 Å². The Bertz CT molecular complexity index is 513. The molecule has 0 unspecified atom stereocenters. The lowest BCUT2D eigenvalue weighted by Crippen LogP contribution is -2.11. The van der Waals surface area contributed by atoms with Crippen molar-refractivity contribution >= 4 is 16.7 Å². The highest BCUT2D eigenvalue weighted by Gasteiger charge is 2.06. The number of fused-ring (bicyclic) bond motifs is 1. The van der Waals surface area contributed by atoms with Gasteiger partial charge in [0.15, 0.2) is 5.82 Å². The van der Waals surface area contributed by atoms with Gasteiger partial charge in [-0.15, -0.1) is 0 Å². The second-order valence-electron chi connectivity index (χ2n) is 3.58. The first kappa shape index (κ1) is 10.6. The number of hydrazine groups is 1. The van der Waals surface area contributed by atoms with E-state index in [0.29, 0.717) is 5.82 Å². The number of aromatic nitrogens is 2. The Labute approximate surface area is 93.3 Å². The zero-order valence-corrected chi connectivity index (χ0v) is 9.07. The normalized spacial score (nSPS) is 10.6. The molecule has 0 aliphatic heterocycles. The molecule has 2 rings (SSSR count). The molecular weight excluding hydrogens is 204 g/mol. The van der Waals surface area contributed by atoms with Crippen LogP contribution >= 0.6 is 0 Å². The van der Waals surface area contributed by atoms with Crippen LogP contribution < -0.4 is 11.3 Å². The average molecular weight is 218 g/mol. The highest BCUT2D eigenvalue weighted by Crippen LogP contribution is 2.24. The van der Waals surface area contributed by atoms with Crippen molar-refractivity contribution < 1.29 is 5.11 Å². The molecule has 5 heteroatoms. The Morgan fingerprint density at radius 1 is 1.38 bits per heavy atom. The maximum absolute atomic E-state index is 9.40. The summed E-state index contributed by atoms with van der Waals surface area (Å²) in [7, 11) is 0. The summed E-state index contributed by atoms with van der Waals surface area (Å²) < 4.78 is 0. The van der Waals surface area contributed by atoms with E-state index in [9.17, 15) is 5.11 Å². The van der Waals surface area contributed by atoms with Crippen molar-refractivity contribution in [2.24, 2.45) is 5.84 Å².